The van der Waals surface area contributed by atoms with Gasteiger partial charge in [0.15, 0.2) is 0 Å². The highest BCUT2D eigenvalue weighted by Gasteiger charge is 2.32. The Morgan fingerprint density at radius 3 is 2.00 bits per heavy atom. The maximum Gasteiger partial charge on any atom is 0.231 e. The Morgan fingerprint density at radius 2 is 1.21 bits per heavy atom. The fourth-order valence-electron chi connectivity index (χ4n) is 5.90. The molecule has 0 saturated carbocycles. The second-order valence-corrected chi connectivity index (χ2v) is 9.75. The van der Waals surface area contributed by atoms with Gasteiger partial charge in [-0.2, -0.15) is 0 Å². The molecule has 38 heavy (non-hydrogen) atoms. The van der Waals surface area contributed by atoms with Gasteiger partial charge in [-0.3, -0.25) is 4.57 Å². The molecule has 0 radical (unpaired) electrons. The first-order chi connectivity index (χ1) is 18.9. The van der Waals surface area contributed by atoms with Gasteiger partial charge in [0.1, 0.15) is 12.6 Å². The molecule has 0 aliphatic carbocycles. The zero-order chi connectivity index (χ0) is 25.1. The van der Waals surface area contributed by atoms with Gasteiger partial charge in [-0.25, -0.2) is 9.98 Å². The summed E-state index contributed by atoms with van der Waals surface area (Å²) in [6.45, 7) is 0.519. The predicted octanol–water partition coefficient (Wildman–Crippen LogP) is 7.60. The zero-order valence-corrected chi connectivity index (χ0v) is 20.6. The van der Waals surface area contributed by atoms with Gasteiger partial charge in [-0.1, -0.05) is 103 Å². The van der Waals surface area contributed by atoms with Crippen molar-refractivity contribution in [2.45, 2.75) is 6.04 Å². The van der Waals surface area contributed by atoms with Crippen LogP contribution in [0.25, 0.3) is 43.7 Å². The first-order valence-corrected chi connectivity index (χ1v) is 12.9. The summed E-state index contributed by atoms with van der Waals surface area (Å²) in [5, 5.41) is 4.84. The number of para-hydroxylation sites is 2. The molecule has 1 atom stereocenters. The predicted molar refractivity (Wildman–Crippen MR) is 156 cm³/mol. The molecule has 0 fully saturated rings. The van der Waals surface area contributed by atoms with Crippen molar-refractivity contribution < 1.29 is 4.74 Å². The molecular formula is C34H23N3O. The monoisotopic (exact) mass is 489 g/mol. The van der Waals surface area contributed by atoms with Crippen LogP contribution >= 0.6 is 0 Å². The van der Waals surface area contributed by atoms with Crippen LogP contribution in [0.5, 0.6) is 0 Å². The number of hydrogen-bond acceptors (Lipinski definition) is 3. The van der Waals surface area contributed by atoms with Crippen LogP contribution in [0.1, 0.15) is 5.56 Å². The summed E-state index contributed by atoms with van der Waals surface area (Å²) in [6, 6.07) is 40.4. The molecule has 2 aliphatic rings. The molecule has 0 amide bonds. The average Bonchev–Trinajstić information content (AvgIpc) is 3.59. The van der Waals surface area contributed by atoms with E-state index in [-0.39, 0.29) is 6.04 Å². The molecule has 0 bridgehead atoms. The fraction of sp³-hybridized carbons (Fsp3) is 0.0588. The first kappa shape index (κ1) is 21.2. The van der Waals surface area contributed by atoms with Crippen LogP contribution < -0.4 is 0 Å². The molecule has 4 heteroatoms. The van der Waals surface area contributed by atoms with E-state index in [1.165, 1.54) is 27.1 Å². The van der Waals surface area contributed by atoms with Gasteiger partial charge >= 0.3 is 0 Å². The molecule has 2 aliphatic heterocycles. The third-order valence-corrected chi connectivity index (χ3v) is 7.62. The second-order valence-electron chi connectivity index (χ2n) is 9.75. The highest BCUT2D eigenvalue weighted by molar-refractivity contribution is 6.24. The Morgan fingerprint density at radius 1 is 0.605 bits per heavy atom. The minimum atomic E-state index is -0.0991. The lowest BCUT2D eigenvalue weighted by Gasteiger charge is -2.22. The molecule has 6 aromatic rings. The summed E-state index contributed by atoms with van der Waals surface area (Å²) >= 11 is 0. The van der Waals surface area contributed by atoms with E-state index in [1.807, 2.05) is 6.26 Å². The van der Waals surface area contributed by atoms with Gasteiger partial charge < -0.3 is 4.74 Å². The molecule has 180 valence electrons. The van der Waals surface area contributed by atoms with Crippen molar-refractivity contribution in [1.82, 2.24) is 4.57 Å². The van der Waals surface area contributed by atoms with Crippen LogP contribution in [0.2, 0.25) is 0 Å². The Balaban J connectivity index is 1.39. The van der Waals surface area contributed by atoms with Crippen molar-refractivity contribution in [3.63, 3.8) is 0 Å². The van der Waals surface area contributed by atoms with Gasteiger partial charge in [0, 0.05) is 21.9 Å². The summed E-state index contributed by atoms with van der Waals surface area (Å²) < 4.78 is 8.04. The van der Waals surface area contributed by atoms with E-state index < -0.39 is 0 Å². The Labute approximate surface area is 219 Å². The summed E-state index contributed by atoms with van der Waals surface area (Å²) in [5.74, 6) is 0.692. The molecule has 4 nitrogen and oxygen atoms in total. The molecule has 1 aromatic heterocycles. The lowest BCUT2D eigenvalue weighted by atomic mass is 9.89. The lowest BCUT2D eigenvalue weighted by Crippen LogP contribution is -2.27. The molecule has 1 unspecified atom stereocenters. The average molecular weight is 490 g/mol. The van der Waals surface area contributed by atoms with Crippen molar-refractivity contribution in [2.24, 2.45) is 9.98 Å². The Hall–Kier alpha value is -4.96. The topological polar surface area (TPSA) is 38.9 Å². The van der Waals surface area contributed by atoms with Gasteiger partial charge in [0.05, 0.1) is 23.0 Å². The van der Waals surface area contributed by atoms with Gasteiger partial charge in [-0.15, -0.1) is 0 Å². The van der Waals surface area contributed by atoms with E-state index in [9.17, 15) is 0 Å². The highest BCUT2D eigenvalue weighted by atomic mass is 16.5. The van der Waals surface area contributed by atoms with E-state index in [2.05, 4.69) is 120 Å². The second kappa shape index (κ2) is 8.29. The summed E-state index contributed by atoms with van der Waals surface area (Å²) in [7, 11) is 0. The first-order valence-electron chi connectivity index (χ1n) is 12.9. The third-order valence-electron chi connectivity index (χ3n) is 7.62. The largest absolute Gasteiger partial charge is 0.498 e. The minimum absolute atomic E-state index is 0.0991. The smallest absolute Gasteiger partial charge is 0.231 e. The van der Waals surface area contributed by atoms with Crippen LogP contribution in [0.3, 0.4) is 0 Å². The normalized spacial score (nSPS) is 16.7. The standard InChI is InChI=1S/C34H23N3O/c1-2-12-23-22(10-1)11-9-17-24(23)25-13-3-4-16-28(25)33-29-20-38-21-30(29)35-34(36-33)37-31-18-7-5-14-26(31)27-15-6-8-19-32(27)37/h1-20,30H,21H2. The summed E-state index contributed by atoms with van der Waals surface area (Å²) in [6.07, 6.45) is 1.84. The van der Waals surface area contributed by atoms with Gasteiger partial charge in [0.25, 0.3) is 0 Å². The quantitative estimate of drug-likeness (QED) is 0.247. The number of rotatable bonds is 2. The van der Waals surface area contributed by atoms with Gasteiger partial charge in [-0.05, 0) is 34.0 Å². The molecule has 0 spiro atoms. The molecular weight excluding hydrogens is 466 g/mol. The third kappa shape index (κ3) is 3.10. The van der Waals surface area contributed by atoms with Gasteiger partial charge in [0.2, 0.25) is 5.96 Å². The Bertz CT molecular complexity index is 1930. The van der Waals surface area contributed by atoms with Crippen LogP contribution in [0, 0.1) is 0 Å². The van der Waals surface area contributed by atoms with Crippen molar-refractivity contribution >= 4 is 44.2 Å². The molecule has 0 saturated heterocycles. The SMILES string of the molecule is C1=C2C(c3ccccc3-c3cccc4ccccc34)=NC(n3c4ccccc4c4ccccc43)=NC2CO1. The maximum absolute atomic E-state index is 5.84. The highest BCUT2D eigenvalue weighted by Crippen LogP contribution is 2.36. The number of fused-ring (bicyclic) bond motifs is 5. The van der Waals surface area contributed by atoms with Crippen LogP contribution in [-0.4, -0.2) is 28.9 Å². The number of hydrogen-bond donors (Lipinski definition) is 0. The van der Waals surface area contributed by atoms with Crippen molar-refractivity contribution in [2.75, 3.05) is 6.61 Å². The van der Waals surface area contributed by atoms with E-state index in [0.717, 1.165) is 33.4 Å². The summed E-state index contributed by atoms with van der Waals surface area (Å²) in [4.78, 5) is 10.4. The van der Waals surface area contributed by atoms with E-state index in [1.54, 1.807) is 0 Å². The molecule has 5 aromatic carbocycles. The number of aliphatic imine (C=N–C) groups is 2. The number of ether oxygens (including phenoxy) is 1. The van der Waals surface area contributed by atoms with E-state index in [4.69, 9.17) is 14.7 Å². The molecule has 8 rings (SSSR count). The zero-order valence-electron chi connectivity index (χ0n) is 20.6. The maximum atomic E-state index is 5.84. The van der Waals surface area contributed by atoms with E-state index in [0.29, 0.717) is 12.6 Å². The molecule has 0 N–H and O–H groups in total. The number of benzene rings is 5. The van der Waals surface area contributed by atoms with Crippen molar-refractivity contribution in [3.05, 3.63) is 133 Å². The van der Waals surface area contributed by atoms with E-state index >= 15 is 0 Å². The summed E-state index contributed by atoms with van der Waals surface area (Å²) in [5.41, 5.74) is 7.58. The van der Waals surface area contributed by atoms with Crippen LogP contribution in [0.15, 0.2) is 137 Å². The van der Waals surface area contributed by atoms with Crippen molar-refractivity contribution in [3.8, 4) is 11.1 Å². The van der Waals surface area contributed by atoms with Crippen LogP contribution in [0.4, 0.5) is 0 Å². The molecule has 3 heterocycles. The minimum Gasteiger partial charge on any atom is -0.498 e. The lowest BCUT2D eigenvalue weighted by molar-refractivity contribution is 0.270. The Kier molecular flexibility index (Phi) is 4.61. The van der Waals surface area contributed by atoms with Crippen LogP contribution in [-0.2, 0) is 4.74 Å². The number of aromatic nitrogens is 1. The van der Waals surface area contributed by atoms with Crippen molar-refractivity contribution in [1.29, 1.82) is 0 Å². The number of nitrogens with zero attached hydrogens (tertiary/aromatic N) is 3. The fourth-order valence-corrected chi connectivity index (χ4v) is 5.90.